The molecule has 0 aliphatic carbocycles. The van der Waals surface area contributed by atoms with Crippen molar-refractivity contribution >= 4 is 40.4 Å². The van der Waals surface area contributed by atoms with Gasteiger partial charge in [-0.15, -0.1) is 0 Å². The molecule has 1 aliphatic rings. The predicted molar refractivity (Wildman–Crippen MR) is 83.2 cm³/mol. The lowest BCUT2D eigenvalue weighted by Gasteiger charge is -2.16. The average Bonchev–Trinajstić information content (AvgIpc) is 2.94. The summed E-state index contributed by atoms with van der Waals surface area (Å²) in [6, 6.07) is 7.41. The van der Waals surface area contributed by atoms with Crippen molar-refractivity contribution in [2.45, 2.75) is 12.8 Å². The van der Waals surface area contributed by atoms with E-state index < -0.39 is 0 Å². The molecular weight excluding hydrogens is 304 g/mol. The van der Waals surface area contributed by atoms with E-state index in [1.807, 2.05) is 24.3 Å². The maximum absolute atomic E-state index is 11.7. The monoisotopic (exact) mass is 316 g/mol. The van der Waals surface area contributed by atoms with Gasteiger partial charge in [0.15, 0.2) is 5.82 Å². The van der Waals surface area contributed by atoms with Crippen LogP contribution in [-0.4, -0.2) is 22.4 Å². The summed E-state index contributed by atoms with van der Waals surface area (Å²) in [5.41, 5.74) is 9.04. The van der Waals surface area contributed by atoms with Crippen LogP contribution in [0, 0.1) is 5.53 Å². The number of carbonyl (C=O) groups excluding carboxylic acids is 1. The Hall–Kier alpha value is -2.54. The summed E-state index contributed by atoms with van der Waals surface area (Å²) in [4.78, 5) is 21.3. The van der Waals surface area contributed by atoms with Crippen molar-refractivity contribution < 1.29 is 4.79 Å². The number of hydrogen-bond donors (Lipinski definition) is 2. The second kappa shape index (κ2) is 6.07. The Morgan fingerprint density at radius 2 is 2.09 bits per heavy atom. The van der Waals surface area contributed by atoms with Crippen LogP contribution in [0.5, 0.6) is 0 Å². The maximum Gasteiger partial charge on any atom is 0.227 e. The topological polar surface area (TPSA) is 94.3 Å². The van der Waals surface area contributed by atoms with Crippen molar-refractivity contribution in [3.63, 3.8) is 0 Å². The first-order valence-corrected chi connectivity index (χ1v) is 7.12. The SMILES string of the molecule is N=Nc1cnc(Cl)nc1Nc1ccc(N2CCCC2=O)cc1. The van der Waals surface area contributed by atoms with Crippen LogP contribution in [0.4, 0.5) is 22.9 Å². The zero-order valence-corrected chi connectivity index (χ0v) is 12.3. The van der Waals surface area contributed by atoms with Gasteiger partial charge in [-0.2, -0.15) is 10.1 Å². The van der Waals surface area contributed by atoms with E-state index in [0.29, 0.717) is 17.9 Å². The van der Waals surface area contributed by atoms with Gasteiger partial charge >= 0.3 is 0 Å². The molecule has 1 saturated heterocycles. The summed E-state index contributed by atoms with van der Waals surface area (Å²) in [5.74, 6) is 0.513. The Balaban J connectivity index is 1.80. The molecule has 1 aromatic heterocycles. The Kier molecular flexibility index (Phi) is 3.97. The number of nitrogens with one attached hydrogen (secondary N) is 2. The molecule has 0 unspecified atom stereocenters. The second-order valence-corrected chi connectivity index (χ2v) is 5.14. The van der Waals surface area contributed by atoms with Crippen LogP contribution in [0.15, 0.2) is 35.6 Å². The van der Waals surface area contributed by atoms with E-state index in [-0.39, 0.29) is 11.2 Å². The highest BCUT2D eigenvalue weighted by molar-refractivity contribution is 6.28. The van der Waals surface area contributed by atoms with Gasteiger partial charge in [0.25, 0.3) is 0 Å². The highest BCUT2D eigenvalue weighted by Gasteiger charge is 2.21. The van der Waals surface area contributed by atoms with Crippen molar-refractivity contribution in [2.24, 2.45) is 5.11 Å². The molecule has 1 amide bonds. The third kappa shape index (κ3) is 2.89. The Morgan fingerprint density at radius 1 is 1.32 bits per heavy atom. The number of carbonyl (C=O) groups is 1. The van der Waals surface area contributed by atoms with E-state index in [1.54, 1.807) is 4.90 Å². The molecule has 112 valence electrons. The van der Waals surface area contributed by atoms with Gasteiger partial charge in [-0.25, -0.2) is 10.5 Å². The summed E-state index contributed by atoms with van der Waals surface area (Å²) < 4.78 is 0. The summed E-state index contributed by atoms with van der Waals surface area (Å²) in [6.45, 7) is 0.759. The molecule has 3 rings (SSSR count). The molecule has 7 nitrogen and oxygen atoms in total. The Labute approximate surface area is 131 Å². The fourth-order valence-corrected chi connectivity index (χ4v) is 2.44. The number of amides is 1. The molecule has 2 aromatic rings. The van der Waals surface area contributed by atoms with Gasteiger partial charge in [-0.3, -0.25) is 4.79 Å². The van der Waals surface area contributed by atoms with Gasteiger partial charge in [0.1, 0.15) is 5.69 Å². The molecule has 2 N–H and O–H groups in total. The summed E-state index contributed by atoms with van der Waals surface area (Å²) in [7, 11) is 0. The van der Waals surface area contributed by atoms with Crippen LogP contribution >= 0.6 is 11.6 Å². The molecule has 1 aromatic carbocycles. The summed E-state index contributed by atoms with van der Waals surface area (Å²) in [6.07, 6.45) is 2.88. The molecule has 1 aliphatic heterocycles. The number of halogens is 1. The van der Waals surface area contributed by atoms with Gasteiger partial charge in [-0.1, -0.05) is 0 Å². The van der Waals surface area contributed by atoms with Crippen LogP contribution in [0.3, 0.4) is 0 Å². The normalized spacial score (nSPS) is 14.2. The predicted octanol–water partition coefficient (Wildman–Crippen LogP) is 3.66. The molecule has 1 fully saturated rings. The number of hydrogen-bond acceptors (Lipinski definition) is 6. The fraction of sp³-hybridized carbons (Fsp3) is 0.214. The van der Waals surface area contributed by atoms with Crippen molar-refractivity contribution in [3.05, 3.63) is 35.7 Å². The first kappa shape index (κ1) is 14.4. The minimum Gasteiger partial charge on any atom is -0.338 e. The highest BCUT2D eigenvalue weighted by atomic mass is 35.5. The number of nitrogens with zero attached hydrogens (tertiary/aromatic N) is 4. The number of rotatable bonds is 4. The molecule has 0 atom stereocenters. The maximum atomic E-state index is 11.7. The number of anilines is 3. The van der Waals surface area contributed by atoms with Crippen molar-refractivity contribution in [1.82, 2.24) is 9.97 Å². The standard InChI is InChI=1S/C14H13ClN6O/c15-14-17-8-11(20-16)13(19-14)18-9-3-5-10(6-4-9)21-7-1-2-12(21)22/h3-6,8,16H,1-2,7H2,(H,17,18,19). The van der Waals surface area contributed by atoms with E-state index >= 15 is 0 Å². The minimum atomic E-state index is 0.0779. The molecule has 0 bridgehead atoms. The fourth-order valence-electron chi connectivity index (χ4n) is 2.31. The zero-order valence-electron chi connectivity index (χ0n) is 11.6. The van der Waals surface area contributed by atoms with Crippen molar-refractivity contribution in [2.75, 3.05) is 16.8 Å². The van der Waals surface area contributed by atoms with E-state index in [9.17, 15) is 4.79 Å². The van der Waals surface area contributed by atoms with Crippen molar-refractivity contribution in [3.8, 4) is 0 Å². The lowest BCUT2D eigenvalue weighted by Crippen LogP contribution is -2.23. The minimum absolute atomic E-state index is 0.0779. The van der Waals surface area contributed by atoms with Gasteiger partial charge in [-0.05, 0) is 42.3 Å². The van der Waals surface area contributed by atoms with E-state index in [4.69, 9.17) is 17.1 Å². The van der Waals surface area contributed by atoms with Gasteiger partial charge in [0.05, 0.1) is 6.20 Å². The highest BCUT2D eigenvalue weighted by Crippen LogP contribution is 2.28. The molecule has 8 heteroatoms. The zero-order chi connectivity index (χ0) is 15.5. The lowest BCUT2D eigenvalue weighted by molar-refractivity contribution is -0.117. The molecule has 0 spiro atoms. The van der Waals surface area contributed by atoms with Gasteiger partial charge < -0.3 is 10.2 Å². The van der Waals surface area contributed by atoms with Crippen LogP contribution in [0.25, 0.3) is 0 Å². The third-order valence-corrected chi connectivity index (χ3v) is 3.56. The van der Waals surface area contributed by atoms with Crippen LogP contribution in [-0.2, 0) is 4.79 Å². The first-order valence-electron chi connectivity index (χ1n) is 6.75. The van der Waals surface area contributed by atoms with Gasteiger partial charge in [0.2, 0.25) is 11.2 Å². The largest absolute Gasteiger partial charge is 0.338 e. The number of benzene rings is 1. The molecule has 0 radical (unpaired) electrons. The average molecular weight is 317 g/mol. The van der Waals surface area contributed by atoms with Crippen LogP contribution in [0.1, 0.15) is 12.8 Å². The third-order valence-electron chi connectivity index (χ3n) is 3.38. The molecule has 22 heavy (non-hydrogen) atoms. The Bertz CT molecular complexity index is 718. The van der Waals surface area contributed by atoms with Crippen molar-refractivity contribution in [1.29, 1.82) is 5.53 Å². The van der Waals surface area contributed by atoms with Gasteiger partial charge in [0, 0.05) is 24.3 Å². The lowest BCUT2D eigenvalue weighted by atomic mass is 10.2. The first-order chi connectivity index (χ1) is 10.7. The van der Waals surface area contributed by atoms with E-state index in [0.717, 1.165) is 24.3 Å². The Morgan fingerprint density at radius 3 is 2.73 bits per heavy atom. The summed E-state index contributed by atoms with van der Waals surface area (Å²) >= 11 is 5.76. The summed E-state index contributed by atoms with van der Waals surface area (Å²) in [5, 5.41) is 6.47. The molecule has 2 heterocycles. The second-order valence-electron chi connectivity index (χ2n) is 4.81. The molecule has 0 saturated carbocycles. The van der Waals surface area contributed by atoms with E-state index in [1.165, 1.54) is 6.20 Å². The smallest absolute Gasteiger partial charge is 0.227 e. The van der Waals surface area contributed by atoms with Crippen LogP contribution < -0.4 is 10.2 Å². The quantitative estimate of drug-likeness (QED) is 0.664. The van der Waals surface area contributed by atoms with Crippen LogP contribution in [0.2, 0.25) is 5.28 Å². The number of aromatic nitrogens is 2. The van der Waals surface area contributed by atoms with E-state index in [2.05, 4.69) is 20.4 Å². The molecular formula is C14H13ClN6O.